The van der Waals surface area contributed by atoms with Crippen molar-refractivity contribution >= 4 is 33.1 Å². The second kappa shape index (κ2) is 10.2. The van der Waals surface area contributed by atoms with Gasteiger partial charge >= 0.3 is 0 Å². The number of amides is 1. The molecule has 6 aromatic rings. The van der Waals surface area contributed by atoms with Gasteiger partial charge in [-0.25, -0.2) is 9.97 Å². The summed E-state index contributed by atoms with van der Waals surface area (Å²) in [7, 11) is 0. The van der Waals surface area contributed by atoms with Gasteiger partial charge in [0.2, 0.25) is 0 Å². The lowest BCUT2D eigenvalue weighted by atomic mass is 10.1. The maximum atomic E-state index is 13.3. The summed E-state index contributed by atoms with van der Waals surface area (Å²) in [5, 5.41) is 5.95. The summed E-state index contributed by atoms with van der Waals surface area (Å²) < 4.78 is 8.38. The maximum Gasteiger partial charge on any atom is 0.255 e. The molecule has 0 saturated carbocycles. The molecule has 192 valence electrons. The van der Waals surface area contributed by atoms with Gasteiger partial charge in [-0.15, -0.1) is 11.3 Å². The van der Waals surface area contributed by atoms with Gasteiger partial charge in [0, 0.05) is 47.2 Å². The Balaban J connectivity index is 1.29. The number of hydrogen-bond donors (Lipinski definition) is 1. The number of benzene rings is 2. The second-order valence-electron chi connectivity index (χ2n) is 9.40. The van der Waals surface area contributed by atoms with Crippen LogP contribution in [0.3, 0.4) is 0 Å². The van der Waals surface area contributed by atoms with Crippen molar-refractivity contribution in [2.24, 2.45) is 0 Å². The zero-order chi connectivity index (χ0) is 26.9. The first-order valence-electron chi connectivity index (χ1n) is 12.4. The van der Waals surface area contributed by atoms with Gasteiger partial charge in [0.05, 0.1) is 23.1 Å². The van der Waals surface area contributed by atoms with E-state index < -0.39 is 0 Å². The number of aryl methyl sites for hydroxylation is 3. The van der Waals surface area contributed by atoms with Crippen molar-refractivity contribution < 1.29 is 9.53 Å². The second-order valence-corrected chi connectivity index (χ2v) is 10.3. The lowest BCUT2D eigenvalue weighted by molar-refractivity contribution is 0.102. The Labute approximate surface area is 229 Å². The van der Waals surface area contributed by atoms with Crippen LogP contribution >= 0.6 is 11.3 Å². The van der Waals surface area contributed by atoms with Gasteiger partial charge in [0.15, 0.2) is 0 Å². The molecule has 0 saturated heterocycles. The molecule has 0 aliphatic rings. The Kier molecular flexibility index (Phi) is 6.38. The molecule has 0 atom stereocenters. The zero-order valence-electron chi connectivity index (χ0n) is 21.7. The van der Waals surface area contributed by atoms with Crippen molar-refractivity contribution in [1.29, 1.82) is 0 Å². The van der Waals surface area contributed by atoms with Crippen molar-refractivity contribution in [2.75, 3.05) is 5.32 Å². The number of nitrogens with zero attached hydrogens (tertiary/aromatic N) is 4. The van der Waals surface area contributed by atoms with Gasteiger partial charge in [-0.05, 0) is 85.8 Å². The first-order valence-corrected chi connectivity index (χ1v) is 13.3. The van der Waals surface area contributed by atoms with Crippen LogP contribution in [0, 0.1) is 20.8 Å². The van der Waals surface area contributed by atoms with Crippen LogP contribution in [0.15, 0.2) is 91.0 Å². The van der Waals surface area contributed by atoms with E-state index >= 15 is 0 Å². The number of rotatable bonds is 6. The van der Waals surface area contributed by atoms with Crippen molar-refractivity contribution in [2.45, 2.75) is 20.8 Å². The highest BCUT2D eigenvalue weighted by molar-refractivity contribution is 7.16. The van der Waals surface area contributed by atoms with Crippen LogP contribution < -0.4 is 10.1 Å². The molecule has 4 heterocycles. The normalized spacial score (nSPS) is 11.1. The average Bonchev–Trinajstić information content (AvgIpc) is 3.59. The van der Waals surface area contributed by atoms with Gasteiger partial charge in [-0.2, -0.15) is 0 Å². The van der Waals surface area contributed by atoms with E-state index in [1.54, 1.807) is 42.2 Å². The Morgan fingerprint density at radius 1 is 1.00 bits per heavy atom. The number of imidazole rings is 1. The number of ether oxygens (including phenoxy) is 1. The van der Waals surface area contributed by atoms with Crippen LogP contribution in [0.5, 0.6) is 11.5 Å². The number of hydrogen-bond acceptors (Lipinski definition) is 6. The first kappa shape index (κ1) is 24.5. The standard InChI is InChI=1S/C31H25N5O2S/c1-19-11-24(14-25(12-19)36-17-21(3)33-18-36)34-30(37)22-7-6-20(2)28(13-22)38-29-15-27(23-5-4-9-32-16-23)35-31-26(29)8-10-39-31/h4-18H,1-3H3,(H,34,37). The summed E-state index contributed by atoms with van der Waals surface area (Å²) in [5.41, 5.74) is 6.71. The van der Waals surface area contributed by atoms with E-state index in [-0.39, 0.29) is 5.91 Å². The van der Waals surface area contributed by atoms with Crippen LogP contribution in [-0.4, -0.2) is 25.4 Å². The molecule has 0 aliphatic carbocycles. The molecule has 0 aliphatic heterocycles. The number of carbonyl (C=O) groups excluding carboxylic acids is 1. The predicted octanol–water partition coefficient (Wildman–Crippen LogP) is 7.51. The molecule has 1 N–H and O–H groups in total. The molecule has 6 rings (SSSR count). The number of carbonyl (C=O) groups is 1. The zero-order valence-corrected chi connectivity index (χ0v) is 22.5. The highest BCUT2D eigenvalue weighted by Crippen LogP contribution is 2.36. The fourth-order valence-electron chi connectivity index (χ4n) is 4.39. The molecule has 39 heavy (non-hydrogen) atoms. The molecular weight excluding hydrogens is 506 g/mol. The van der Waals surface area contributed by atoms with E-state index in [1.807, 2.05) is 85.4 Å². The molecular formula is C31H25N5O2S. The Morgan fingerprint density at radius 3 is 2.69 bits per heavy atom. The minimum atomic E-state index is -0.218. The van der Waals surface area contributed by atoms with Gasteiger partial charge in [0.1, 0.15) is 16.3 Å². The van der Waals surface area contributed by atoms with E-state index in [2.05, 4.69) is 15.3 Å². The Hall–Kier alpha value is -4.82. The molecule has 0 spiro atoms. The third-order valence-electron chi connectivity index (χ3n) is 6.36. The fourth-order valence-corrected chi connectivity index (χ4v) is 5.16. The monoisotopic (exact) mass is 531 g/mol. The lowest BCUT2D eigenvalue weighted by Crippen LogP contribution is -2.12. The third-order valence-corrected chi connectivity index (χ3v) is 7.16. The Bertz CT molecular complexity index is 1820. The SMILES string of the molecule is Cc1cc(NC(=O)c2ccc(C)c(Oc3cc(-c4cccnc4)nc4sccc34)c2)cc(-n2cnc(C)c2)c1. The van der Waals surface area contributed by atoms with Crippen molar-refractivity contribution in [1.82, 2.24) is 19.5 Å². The number of anilines is 1. The molecule has 1 amide bonds. The largest absolute Gasteiger partial charge is 0.456 e. The van der Waals surface area contributed by atoms with Gasteiger partial charge in [-0.3, -0.25) is 9.78 Å². The van der Waals surface area contributed by atoms with Crippen LogP contribution in [0.25, 0.3) is 27.2 Å². The van der Waals surface area contributed by atoms with Crippen LogP contribution in [-0.2, 0) is 0 Å². The highest BCUT2D eigenvalue weighted by Gasteiger charge is 2.15. The van der Waals surface area contributed by atoms with Crippen molar-refractivity contribution in [3.8, 4) is 28.4 Å². The molecule has 2 aromatic carbocycles. The van der Waals surface area contributed by atoms with E-state index in [1.165, 1.54) is 0 Å². The van der Waals surface area contributed by atoms with Crippen molar-refractivity contribution in [3.05, 3.63) is 113 Å². The fraction of sp³-hybridized carbons (Fsp3) is 0.0968. The summed E-state index contributed by atoms with van der Waals surface area (Å²) >= 11 is 1.56. The molecule has 4 aromatic heterocycles. The first-order chi connectivity index (χ1) is 18.9. The van der Waals surface area contributed by atoms with Gasteiger partial charge < -0.3 is 14.6 Å². The maximum absolute atomic E-state index is 13.3. The summed E-state index contributed by atoms with van der Waals surface area (Å²) in [6.45, 7) is 5.91. The van der Waals surface area contributed by atoms with E-state index in [0.29, 0.717) is 22.7 Å². The third kappa shape index (κ3) is 5.15. The smallest absolute Gasteiger partial charge is 0.255 e. The number of fused-ring (bicyclic) bond motifs is 1. The highest BCUT2D eigenvalue weighted by atomic mass is 32.1. The van der Waals surface area contributed by atoms with Crippen molar-refractivity contribution in [3.63, 3.8) is 0 Å². The summed E-state index contributed by atoms with van der Waals surface area (Å²) in [6, 6.07) is 19.2. The van der Waals surface area contributed by atoms with Gasteiger partial charge in [0.25, 0.3) is 5.91 Å². The lowest BCUT2D eigenvalue weighted by Gasteiger charge is -2.14. The molecule has 8 heteroatoms. The number of thiophene rings is 1. The average molecular weight is 532 g/mol. The van der Waals surface area contributed by atoms with E-state index in [9.17, 15) is 4.79 Å². The minimum Gasteiger partial charge on any atom is -0.456 e. The predicted molar refractivity (Wildman–Crippen MR) is 155 cm³/mol. The summed E-state index contributed by atoms with van der Waals surface area (Å²) in [6.07, 6.45) is 7.24. The van der Waals surface area contributed by atoms with Crippen LogP contribution in [0.1, 0.15) is 27.2 Å². The topological polar surface area (TPSA) is 81.9 Å². The van der Waals surface area contributed by atoms with Crippen LogP contribution in [0.2, 0.25) is 0 Å². The Morgan fingerprint density at radius 2 is 1.90 bits per heavy atom. The molecule has 0 unspecified atom stereocenters. The number of aromatic nitrogens is 4. The summed E-state index contributed by atoms with van der Waals surface area (Å²) in [4.78, 5) is 27.5. The van der Waals surface area contributed by atoms with E-state index in [0.717, 1.165) is 44.0 Å². The van der Waals surface area contributed by atoms with Crippen LogP contribution in [0.4, 0.5) is 5.69 Å². The number of pyridine rings is 2. The minimum absolute atomic E-state index is 0.218. The molecule has 0 bridgehead atoms. The van der Waals surface area contributed by atoms with Gasteiger partial charge in [-0.1, -0.05) is 6.07 Å². The molecule has 0 fully saturated rings. The molecule has 7 nitrogen and oxygen atoms in total. The quantitative estimate of drug-likeness (QED) is 0.240. The summed E-state index contributed by atoms with van der Waals surface area (Å²) in [5.74, 6) is 1.07. The van der Waals surface area contributed by atoms with E-state index in [4.69, 9.17) is 9.72 Å². The number of nitrogens with one attached hydrogen (secondary N) is 1. The molecule has 0 radical (unpaired) electrons.